The van der Waals surface area contributed by atoms with Gasteiger partial charge in [-0.3, -0.25) is 4.79 Å². The van der Waals surface area contributed by atoms with Gasteiger partial charge in [0.1, 0.15) is 0 Å². The average molecular weight is 265 g/mol. The van der Waals surface area contributed by atoms with Gasteiger partial charge in [-0.2, -0.15) is 0 Å². The van der Waals surface area contributed by atoms with Gasteiger partial charge in [-0.15, -0.1) is 0 Å². The summed E-state index contributed by atoms with van der Waals surface area (Å²) in [5, 5.41) is 20.1. The molecular formula is C14H19NO4. The third-order valence-electron chi connectivity index (χ3n) is 2.83. The van der Waals surface area contributed by atoms with Crippen molar-refractivity contribution >= 4 is 11.9 Å². The Morgan fingerprint density at radius 1 is 1.21 bits per heavy atom. The predicted octanol–water partition coefficient (Wildman–Crippen LogP) is 1.38. The largest absolute Gasteiger partial charge is 0.479 e. The van der Waals surface area contributed by atoms with Crippen molar-refractivity contribution in [2.75, 3.05) is 6.54 Å². The van der Waals surface area contributed by atoms with E-state index in [1.807, 2.05) is 12.1 Å². The van der Waals surface area contributed by atoms with Crippen LogP contribution in [0, 0.1) is 0 Å². The van der Waals surface area contributed by atoms with Gasteiger partial charge in [0.25, 0.3) is 5.91 Å². The number of amides is 1. The molecule has 0 aromatic heterocycles. The van der Waals surface area contributed by atoms with Crippen LogP contribution in [0.5, 0.6) is 0 Å². The first-order valence-corrected chi connectivity index (χ1v) is 6.21. The minimum absolute atomic E-state index is 0.00878. The van der Waals surface area contributed by atoms with E-state index in [2.05, 4.69) is 19.2 Å². The van der Waals surface area contributed by atoms with E-state index in [4.69, 9.17) is 10.2 Å². The number of aliphatic carboxylic acids is 1. The lowest BCUT2D eigenvalue weighted by Gasteiger charge is -2.09. The highest BCUT2D eigenvalue weighted by Gasteiger charge is 2.13. The number of hydrogen-bond donors (Lipinski definition) is 3. The van der Waals surface area contributed by atoms with Crippen LogP contribution in [-0.4, -0.2) is 34.7 Å². The average Bonchev–Trinajstić information content (AvgIpc) is 2.38. The van der Waals surface area contributed by atoms with Gasteiger partial charge in [0, 0.05) is 18.5 Å². The van der Waals surface area contributed by atoms with Gasteiger partial charge in [-0.1, -0.05) is 26.0 Å². The molecule has 0 heterocycles. The second-order valence-corrected chi connectivity index (χ2v) is 4.68. The molecule has 1 aromatic carbocycles. The van der Waals surface area contributed by atoms with Gasteiger partial charge >= 0.3 is 5.97 Å². The van der Waals surface area contributed by atoms with E-state index in [-0.39, 0.29) is 18.9 Å². The maximum Gasteiger partial charge on any atom is 0.332 e. The first kappa shape index (κ1) is 15.2. The monoisotopic (exact) mass is 265 g/mol. The third kappa shape index (κ3) is 4.71. The first-order valence-electron chi connectivity index (χ1n) is 6.21. The van der Waals surface area contributed by atoms with Crippen molar-refractivity contribution in [3.63, 3.8) is 0 Å². The van der Waals surface area contributed by atoms with Crippen molar-refractivity contribution in [1.82, 2.24) is 5.32 Å². The summed E-state index contributed by atoms with van der Waals surface area (Å²) >= 11 is 0. The van der Waals surface area contributed by atoms with Crippen LogP contribution < -0.4 is 5.32 Å². The van der Waals surface area contributed by atoms with E-state index >= 15 is 0 Å². The fourth-order valence-electron chi connectivity index (χ4n) is 1.57. The highest BCUT2D eigenvalue weighted by Crippen LogP contribution is 2.14. The summed E-state index contributed by atoms with van der Waals surface area (Å²) in [6, 6.07) is 7.26. The second kappa shape index (κ2) is 6.89. The zero-order valence-electron chi connectivity index (χ0n) is 11.1. The lowest BCUT2D eigenvalue weighted by atomic mass is 10.0. The smallest absolute Gasteiger partial charge is 0.332 e. The number of carbonyl (C=O) groups is 2. The summed E-state index contributed by atoms with van der Waals surface area (Å²) in [5.74, 6) is -1.15. The molecule has 1 rings (SSSR count). The fourth-order valence-corrected chi connectivity index (χ4v) is 1.57. The first-order chi connectivity index (χ1) is 8.91. The normalized spacial score (nSPS) is 12.2. The van der Waals surface area contributed by atoms with E-state index < -0.39 is 12.1 Å². The van der Waals surface area contributed by atoms with E-state index in [1.54, 1.807) is 12.1 Å². The molecule has 0 fully saturated rings. The number of aliphatic hydroxyl groups is 1. The number of rotatable bonds is 6. The van der Waals surface area contributed by atoms with Crippen molar-refractivity contribution < 1.29 is 19.8 Å². The molecule has 3 N–H and O–H groups in total. The molecule has 0 aliphatic rings. The van der Waals surface area contributed by atoms with Gasteiger partial charge in [0.2, 0.25) is 0 Å². The Morgan fingerprint density at radius 2 is 1.79 bits per heavy atom. The number of carboxylic acid groups (broad SMARTS) is 1. The van der Waals surface area contributed by atoms with Gasteiger partial charge in [0.15, 0.2) is 6.10 Å². The van der Waals surface area contributed by atoms with E-state index in [0.29, 0.717) is 11.5 Å². The summed E-state index contributed by atoms with van der Waals surface area (Å²) < 4.78 is 0. The van der Waals surface area contributed by atoms with Crippen LogP contribution in [0.3, 0.4) is 0 Å². The third-order valence-corrected chi connectivity index (χ3v) is 2.83. The van der Waals surface area contributed by atoms with Crippen LogP contribution in [0.15, 0.2) is 24.3 Å². The van der Waals surface area contributed by atoms with Crippen LogP contribution in [0.1, 0.15) is 42.1 Å². The van der Waals surface area contributed by atoms with Crippen molar-refractivity contribution in [1.29, 1.82) is 0 Å². The Bertz CT molecular complexity index is 439. The molecule has 0 aliphatic carbocycles. The Morgan fingerprint density at radius 3 is 2.26 bits per heavy atom. The topological polar surface area (TPSA) is 86.6 Å². The van der Waals surface area contributed by atoms with Crippen molar-refractivity contribution in [2.24, 2.45) is 0 Å². The van der Waals surface area contributed by atoms with E-state index in [0.717, 1.165) is 5.56 Å². The molecular weight excluding hydrogens is 246 g/mol. The molecule has 0 saturated heterocycles. The maximum atomic E-state index is 11.7. The summed E-state index contributed by atoms with van der Waals surface area (Å²) in [7, 11) is 0. The van der Waals surface area contributed by atoms with Crippen molar-refractivity contribution in [3.8, 4) is 0 Å². The minimum atomic E-state index is -1.44. The van der Waals surface area contributed by atoms with Crippen LogP contribution >= 0.6 is 0 Å². The SMILES string of the molecule is CC(C)c1ccc(C(=O)NCCC(O)C(=O)O)cc1. The summed E-state index contributed by atoms with van der Waals surface area (Å²) in [6.45, 7) is 4.27. The lowest BCUT2D eigenvalue weighted by molar-refractivity contribution is -0.146. The van der Waals surface area contributed by atoms with Gasteiger partial charge in [-0.05, 0) is 23.6 Å². The Labute approximate surface area is 112 Å². The van der Waals surface area contributed by atoms with Crippen LogP contribution in [0.4, 0.5) is 0 Å². The number of carboxylic acids is 1. The number of aliphatic hydroxyl groups excluding tert-OH is 1. The summed E-state index contributed by atoms with van der Waals surface area (Å²) in [6.07, 6.45) is -1.45. The number of hydrogen-bond acceptors (Lipinski definition) is 3. The fraction of sp³-hybridized carbons (Fsp3) is 0.429. The molecule has 104 valence electrons. The molecule has 5 heteroatoms. The zero-order chi connectivity index (χ0) is 14.4. The Hall–Kier alpha value is -1.88. The van der Waals surface area contributed by atoms with Crippen molar-refractivity contribution in [2.45, 2.75) is 32.3 Å². The Balaban J connectivity index is 2.47. The van der Waals surface area contributed by atoms with Gasteiger partial charge in [0.05, 0.1) is 0 Å². The molecule has 0 aliphatic heterocycles. The Kier molecular flexibility index (Phi) is 5.51. The zero-order valence-corrected chi connectivity index (χ0v) is 11.1. The molecule has 0 bridgehead atoms. The van der Waals surface area contributed by atoms with Gasteiger partial charge < -0.3 is 15.5 Å². The molecule has 1 unspecified atom stereocenters. The standard InChI is InChI=1S/C14H19NO4/c1-9(2)10-3-5-11(6-4-10)13(17)15-8-7-12(16)14(18)19/h3-6,9,12,16H,7-8H2,1-2H3,(H,15,17)(H,18,19). The second-order valence-electron chi connectivity index (χ2n) is 4.68. The van der Waals surface area contributed by atoms with E-state index in [9.17, 15) is 9.59 Å². The molecule has 5 nitrogen and oxygen atoms in total. The molecule has 1 amide bonds. The minimum Gasteiger partial charge on any atom is -0.479 e. The van der Waals surface area contributed by atoms with Crippen LogP contribution in [0.2, 0.25) is 0 Å². The molecule has 1 atom stereocenters. The highest BCUT2D eigenvalue weighted by molar-refractivity contribution is 5.94. The predicted molar refractivity (Wildman–Crippen MR) is 71.1 cm³/mol. The number of benzene rings is 1. The summed E-state index contributed by atoms with van der Waals surface area (Å²) in [4.78, 5) is 22.1. The van der Waals surface area contributed by atoms with Crippen LogP contribution in [-0.2, 0) is 4.79 Å². The molecule has 0 spiro atoms. The molecule has 19 heavy (non-hydrogen) atoms. The number of nitrogens with one attached hydrogen (secondary N) is 1. The molecule has 1 aromatic rings. The molecule has 0 radical (unpaired) electrons. The van der Waals surface area contributed by atoms with Crippen LogP contribution in [0.25, 0.3) is 0 Å². The van der Waals surface area contributed by atoms with Crippen molar-refractivity contribution in [3.05, 3.63) is 35.4 Å². The molecule has 0 saturated carbocycles. The lowest BCUT2D eigenvalue weighted by Crippen LogP contribution is -2.30. The maximum absolute atomic E-state index is 11.7. The quantitative estimate of drug-likeness (QED) is 0.725. The van der Waals surface area contributed by atoms with Gasteiger partial charge in [-0.25, -0.2) is 4.79 Å². The van der Waals surface area contributed by atoms with E-state index in [1.165, 1.54) is 0 Å². The highest BCUT2D eigenvalue weighted by atomic mass is 16.4. The number of carbonyl (C=O) groups excluding carboxylic acids is 1. The summed E-state index contributed by atoms with van der Waals surface area (Å²) in [5.41, 5.74) is 1.67.